The molecule has 0 heterocycles. The number of hydrogen-bond acceptors (Lipinski definition) is 2. The van der Waals surface area contributed by atoms with Crippen molar-refractivity contribution in [1.82, 2.24) is 4.90 Å². The third-order valence-electron chi connectivity index (χ3n) is 5.96. The van der Waals surface area contributed by atoms with E-state index in [2.05, 4.69) is 104 Å². The second kappa shape index (κ2) is 10.8. The molecule has 0 aliphatic carbocycles. The zero-order chi connectivity index (χ0) is 23.2. The van der Waals surface area contributed by atoms with Crippen LogP contribution in [0.4, 0.5) is 0 Å². The first-order chi connectivity index (χ1) is 16.0. The number of rotatable bonds is 8. The topological polar surface area (TPSA) is 23.5 Å². The fourth-order valence-corrected chi connectivity index (χ4v) is 5.81. The highest BCUT2D eigenvalue weighted by atomic mass is 31.1. The van der Waals surface area contributed by atoms with Gasteiger partial charge in [-0.25, -0.2) is 0 Å². The molecule has 0 fully saturated rings. The maximum Gasteiger partial charge on any atom is 0.126 e. The second-order valence-electron chi connectivity index (χ2n) is 8.83. The predicted octanol–water partition coefficient (Wildman–Crippen LogP) is 6.15. The van der Waals surface area contributed by atoms with Gasteiger partial charge in [-0.2, -0.15) is 0 Å². The van der Waals surface area contributed by atoms with E-state index in [4.69, 9.17) is 0 Å². The lowest BCUT2D eigenvalue weighted by Crippen LogP contribution is -2.26. The van der Waals surface area contributed by atoms with Crippen molar-refractivity contribution in [3.63, 3.8) is 0 Å². The molecule has 0 aliphatic rings. The zero-order valence-electron chi connectivity index (χ0n) is 19.7. The van der Waals surface area contributed by atoms with Crippen LogP contribution in [-0.4, -0.2) is 10.0 Å². The van der Waals surface area contributed by atoms with Crippen LogP contribution in [0.1, 0.15) is 33.4 Å². The smallest absolute Gasteiger partial charge is 0.126 e. The summed E-state index contributed by atoms with van der Waals surface area (Å²) < 4.78 is 0. The molecule has 1 atom stereocenters. The highest BCUT2D eigenvalue weighted by Gasteiger charge is 2.15. The highest BCUT2D eigenvalue weighted by molar-refractivity contribution is 7.56. The Balaban J connectivity index is 1.65. The van der Waals surface area contributed by atoms with Crippen LogP contribution in [0, 0.1) is 20.8 Å². The summed E-state index contributed by atoms with van der Waals surface area (Å²) in [6.45, 7) is 8.91. The van der Waals surface area contributed by atoms with E-state index in [9.17, 15) is 5.11 Å². The molecule has 1 N–H and O–H groups in total. The molecule has 0 radical (unpaired) electrons. The van der Waals surface area contributed by atoms with Crippen molar-refractivity contribution in [2.45, 2.75) is 40.4 Å². The van der Waals surface area contributed by atoms with E-state index in [1.807, 2.05) is 13.0 Å². The molecule has 3 heteroatoms. The van der Waals surface area contributed by atoms with Gasteiger partial charge >= 0.3 is 0 Å². The SMILES string of the molecule is Cc1cc(C)c(O)c(Pc2c(C)cccc2CN(Cc2ccccc2)Cc2ccccc2)c1. The molecular weight excluding hydrogens is 421 g/mol. The van der Waals surface area contributed by atoms with Crippen LogP contribution in [0.15, 0.2) is 91.0 Å². The molecule has 4 rings (SSSR count). The van der Waals surface area contributed by atoms with Crippen LogP contribution in [0.3, 0.4) is 0 Å². The Morgan fingerprint density at radius 3 is 1.88 bits per heavy atom. The summed E-state index contributed by atoms with van der Waals surface area (Å²) >= 11 is 0. The Morgan fingerprint density at radius 1 is 0.667 bits per heavy atom. The van der Waals surface area contributed by atoms with Gasteiger partial charge in [0, 0.05) is 24.9 Å². The molecule has 168 valence electrons. The molecule has 0 saturated heterocycles. The first-order valence-corrected chi connectivity index (χ1v) is 12.5. The Morgan fingerprint density at radius 2 is 1.27 bits per heavy atom. The minimum atomic E-state index is 0.425. The van der Waals surface area contributed by atoms with Gasteiger partial charge in [0.15, 0.2) is 0 Å². The summed E-state index contributed by atoms with van der Waals surface area (Å²) in [7, 11) is 0.425. The van der Waals surface area contributed by atoms with E-state index in [-0.39, 0.29) is 0 Å². The number of nitrogens with zero attached hydrogens (tertiary/aromatic N) is 1. The Labute approximate surface area is 199 Å². The van der Waals surface area contributed by atoms with Gasteiger partial charge in [-0.3, -0.25) is 4.90 Å². The number of aromatic hydroxyl groups is 1. The quantitative estimate of drug-likeness (QED) is 0.324. The molecule has 2 nitrogen and oxygen atoms in total. The highest BCUT2D eigenvalue weighted by Crippen LogP contribution is 2.26. The van der Waals surface area contributed by atoms with Crippen LogP contribution in [-0.2, 0) is 19.6 Å². The number of hydrogen-bond donors (Lipinski definition) is 1. The number of phenolic OH excluding ortho intramolecular Hbond substituents is 1. The van der Waals surface area contributed by atoms with E-state index >= 15 is 0 Å². The minimum absolute atomic E-state index is 0.425. The first-order valence-electron chi connectivity index (χ1n) is 11.5. The van der Waals surface area contributed by atoms with E-state index < -0.39 is 0 Å². The van der Waals surface area contributed by atoms with Gasteiger partial charge in [-0.15, -0.1) is 0 Å². The number of benzene rings is 4. The number of phenols is 1. The van der Waals surface area contributed by atoms with Crippen LogP contribution in [0.25, 0.3) is 0 Å². The van der Waals surface area contributed by atoms with Crippen molar-refractivity contribution in [2.24, 2.45) is 0 Å². The molecule has 0 saturated carbocycles. The Kier molecular flexibility index (Phi) is 7.60. The van der Waals surface area contributed by atoms with Crippen LogP contribution >= 0.6 is 8.58 Å². The van der Waals surface area contributed by atoms with E-state index in [1.54, 1.807) is 0 Å². The van der Waals surface area contributed by atoms with Gasteiger partial charge < -0.3 is 5.11 Å². The van der Waals surface area contributed by atoms with Gasteiger partial charge in [0.25, 0.3) is 0 Å². The predicted molar refractivity (Wildman–Crippen MR) is 142 cm³/mol. The van der Waals surface area contributed by atoms with Gasteiger partial charge in [0.05, 0.1) is 0 Å². The van der Waals surface area contributed by atoms with Crippen LogP contribution in [0.5, 0.6) is 5.75 Å². The molecule has 0 spiro atoms. The summed E-state index contributed by atoms with van der Waals surface area (Å²) in [6.07, 6.45) is 0. The monoisotopic (exact) mass is 453 g/mol. The Hall–Kier alpha value is -2.93. The van der Waals surface area contributed by atoms with Crippen molar-refractivity contribution in [1.29, 1.82) is 0 Å². The van der Waals surface area contributed by atoms with Crippen molar-refractivity contribution in [3.05, 3.63) is 124 Å². The summed E-state index contributed by atoms with van der Waals surface area (Å²) in [4.78, 5) is 2.51. The molecule has 0 amide bonds. The van der Waals surface area contributed by atoms with E-state index in [0.717, 1.165) is 30.5 Å². The summed E-state index contributed by atoms with van der Waals surface area (Å²) in [5.74, 6) is 0.429. The second-order valence-corrected chi connectivity index (χ2v) is 10.1. The van der Waals surface area contributed by atoms with Crippen molar-refractivity contribution in [2.75, 3.05) is 0 Å². The maximum atomic E-state index is 10.7. The number of aryl methyl sites for hydroxylation is 3. The average Bonchev–Trinajstić information content (AvgIpc) is 2.80. The molecular formula is C30H32NOP. The van der Waals surface area contributed by atoms with Gasteiger partial charge in [-0.1, -0.05) is 93.5 Å². The standard InChI is InChI=1S/C30H32NOP/c1-22-17-24(3)29(32)28(18-22)33-30-23(2)11-10-16-27(30)21-31(19-25-12-6-4-7-13-25)20-26-14-8-5-9-15-26/h4-18,32-33H,19-21H2,1-3H3. The fourth-order valence-electron chi connectivity index (χ4n) is 4.32. The molecule has 0 aliphatic heterocycles. The first kappa shape index (κ1) is 23.2. The lowest BCUT2D eigenvalue weighted by Gasteiger charge is -2.25. The third-order valence-corrected chi connectivity index (χ3v) is 7.57. The molecule has 4 aromatic carbocycles. The molecule has 0 aromatic heterocycles. The van der Waals surface area contributed by atoms with Gasteiger partial charge in [-0.05, 0) is 65.5 Å². The Bertz CT molecular complexity index is 1160. The molecule has 1 unspecified atom stereocenters. The largest absolute Gasteiger partial charge is 0.507 e. The summed E-state index contributed by atoms with van der Waals surface area (Å²) in [5.41, 5.74) is 7.39. The van der Waals surface area contributed by atoms with E-state index in [0.29, 0.717) is 14.3 Å². The lowest BCUT2D eigenvalue weighted by atomic mass is 10.1. The molecule has 4 aromatic rings. The van der Waals surface area contributed by atoms with Gasteiger partial charge in [0.1, 0.15) is 5.75 Å². The minimum Gasteiger partial charge on any atom is -0.507 e. The summed E-state index contributed by atoms with van der Waals surface area (Å²) in [5, 5.41) is 13.1. The van der Waals surface area contributed by atoms with E-state index in [1.165, 1.54) is 33.1 Å². The fraction of sp³-hybridized carbons (Fsp3) is 0.200. The normalized spacial score (nSPS) is 11.5. The van der Waals surface area contributed by atoms with Crippen molar-refractivity contribution >= 4 is 19.2 Å². The zero-order valence-corrected chi connectivity index (χ0v) is 20.7. The van der Waals surface area contributed by atoms with Crippen molar-refractivity contribution < 1.29 is 5.11 Å². The summed E-state index contributed by atoms with van der Waals surface area (Å²) in [6, 6.07) is 32.1. The molecule has 33 heavy (non-hydrogen) atoms. The van der Waals surface area contributed by atoms with Crippen LogP contribution < -0.4 is 10.6 Å². The maximum absolute atomic E-state index is 10.7. The van der Waals surface area contributed by atoms with Crippen molar-refractivity contribution in [3.8, 4) is 5.75 Å². The average molecular weight is 454 g/mol. The molecule has 0 bridgehead atoms. The van der Waals surface area contributed by atoms with Gasteiger partial charge in [0.2, 0.25) is 0 Å². The third kappa shape index (κ3) is 6.11. The van der Waals surface area contributed by atoms with Crippen LogP contribution in [0.2, 0.25) is 0 Å². The lowest BCUT2D eigenvalue weighted by molar-refractivity contribution is 0.248.